The van der Waals surface area contributed by atoms with E-state index < -0.39 is 0 Å². The van der Waals surface area contributed by atoms with Crippen LogP contribution in [0.2, 0.25) is 0 Å². The Kier molecular flexibility index (Phi) is 38.0. The molecular weight excluding hydrogens is 1370 g/mol. The van der Waals surface area contributed by atoms with Gasteiger partial charge in [-0.05, 0) is 440 Å². The van der Waals surface area contributed by atoms with Crippen LogP contribution in [-0.2, 0) is 9.47 Å². The summed E-state index contributed by atoms with van der Waals surface area (Å²) in [6.07, 6.45) is 69.8. The predicted molar refractivity (Wildman–Crippen MR) is 440 cm³/mol. The molecule has 28 saturated carbocycles. The monoisotopic (exact) mass is 1540 g/mol. The first-order valence-corrected chi connectivity index (χ1v) is 45.7. The maximum Gasteiger partial charge on any atom is 0.209 e. The number of methoxy groups -OCH3 is 2. The predicted octanol–water partition coefficient (Wildman–Crippen LogP) is 24.2. The molecule has 28 bridgehead atoms. The smallest absolute Gasteiger partial charge is 0.209 e. The number of rotatable bonds is 9. The van der Waals surface area contributed by atoms with E-state index in [1.165, 1.54) is 122 Å². The van der Waals surface area contributed by atoms with E-state index in [4.69, 9.17) is 44.9 Å². The Balaban J connectivity index is 0.000000166. The van der Waals surface area contributed by atoms with Crippen molar-refractivity contribution < 1.29 is 37.8 Å². The molecule has 622 valence electrons. The van der Waals surface area contributed by atoms with Crippen LogP contribution in [0.4, 0.5) is 13.2 Å². The molecule has 0 saturated heterocycles. The van der Waals surface area contributed by atoms with E-state index >= 15 is 0 Å². The van der Waals surface area contributed by atoms with Crippen molar-refractivity contribution in [3.8, 4) is 0 Å². The lowest BCUT2D eigenvalue weighted by atomic mass is 9.49. The van der Waals surface area contributed by atoms with Crippen molar-refractivity contribution in [2.45, 2.75) is 323 Å². The summed E-state index contributed by atoms with van der Waals surface area (Å²) < 4.78 is 37.0. The second kappa shape index (κ2) is 43.5. The van der Waals surface area contributed by atoms with E-state index in [2.05, 4.69) is 37.2 Å². The molecule has 28 fully saturated rings. The first kappa shape index (κ1) is 92.7. The van der Waals surface area contributed by atoms with Gasteiger partial charge in [0.25, 0.3) is 0 Å². The Morgan fingerprint density at radius 2 is 0.396 bits per heavy atom. The lowest BCUT2D eigenvalue weighted by Crippen LogP contribution is -2.49. The van der Waals surface area contributed by atoms with Gasteiger partial charge in [-0.2, -0.15) is 0 Å². The highest BCUT2D eigenvalue weighted by molar-refractivity contribution is 6.25. The van der Waals surface area contributed by atoms with Gasteiger partial charge in [0.05, 0.1) is 21.5 Å². The van der Waals surface area contributed by atoms with Crippen molar-refractivity contribution in [3.63, 3.8) is 0 Å². The van der Waals surface area contributed by atoms with Gasteiger partial charge in [0, 0.05) is 64.8 Å². The van der Waals surface area contributed by atoms with E-state index in [-0.39, 0.29) is 16.9 Å². The maximum absolute atomic E-state index is 10.7. The van der Waals surface area contributed by atoms with Crippen LogP contribution in [0.5, 0.6) is 0 Å². The van der Waals surface area contributed by atoms with Crippen LogP contribution in [0.3, 0.4) is 0 Å². The normalized spacial score (nSPS) is 45.7. The van der Waals surface area contributed by atoms with Gasteiger partial charge in [0.2, 0.25) is 6.54 Å². The summed E-state index contributed by atoms with van der Waals surface area (Å²) in [5.41, 5.74) is 16.6. The molecule has 6 N–H and O–H groups in total. The fourth-order valence-corrected chi connectivity index (χ4v) is 32.7. The molecule has 0 aromatic rings. The molecule has 9 nitrogen and oxygen atoms in total. The minimum Gasteiger partial charge on any atom is -0.400 e. The second-order valence-corrected chi connectivity index (χ2v) is 42.2. The van der Waals surface area contributed by atoms with Gasteiger partial charge in [0.1, 0.15) is 0 Å². The van der Waals surface area contributed by atoms with Gasteiger partial charge in [-0.3, -0.25) is 23.3 Å². The number of aliphatic hydroxyl groups is 2. The summed E-state index contributed by atoms with van der Waals surface area (Å²) >= 11 is 10.1. The van der Waals surface area contributed by atoms with Gasteiger partial charge < -0.3 is 31.2 Å². The molecule has 0 aromatic carbocycles. The first-order chi connectivity index (χ1) is 51.2. The van der Waals surface area contributed by atoms with Crippen molar-refractivity contribution in [1.82, 2.24) is 0 Å². The number of nitro groups is 1. The van der Waals surface area contributed by atoms with Crippen LogP contribution < -0.4 is 11.5 Å². The number of nitrogens with two attached hydrogens (primary N) is 2. The summed E-state index contributed by atoms with van der Waals surface area (Å²) in [7, 11) is 10.0. The molecule has 0 aliphatic heterocycles. The van der Waals surface area contributed by atoms with Crippen LogP contribution in [0, 0.1) is 172 Å². The van der Waals surface area contributed by atoms with Crippen molar-refractivity contribution in [3.05, 3.63) is 10.1 Å². The Morgan fingerprint density at radius 3 is 0.481 bits per heavy atom. The molecular formula is C92H168Cl2F3N3O6. The zero-order valence-electron chi connectivity index (χ0n) is 70.7. The third-order valence-corrected chi connectivity index (χ3v) is 34.1. The highest BCUT2D eigenvalue weighted by atomic mass is 35.5. The molecule has 0 radical (unpaired) electrons. The van der Waals surface area contributed by atoms with E-state index in [0.717, 1.165) is 193 Å². The summed E-state index contributed by atoms with van der Waals surface area (Å²) in [5.74, 6) is 23.8. The molecule has 14 heteroatoms. The first-order valence-electron chi connectivity index (χ1n) is 44.6. The topological polar surface area (TPSA) is 154 Å². The van der Waals surface area contributed by atoms with Gasteiger partial charge in [-0.15, -0.1) is 23.2 Å². The number of aliphatic hydroxyl groups excluding tert-OH is 2. The average Bonchev–Trinajstić information content (AvgIpc) is 0.797. The number of halogens is 5. The summed E-state index contributed by atoms with van der Waals surface area (Å²) in [5, 5.41) is 24.7. The van der Waals surface area contributed by atoms with Crippen molar-refractivity contribution in [2.75, 3.05) is 95.6 Å². The van der Waals surface area contributed by atoms with Crippen molar-refractivity contribution in [1.29, 1.82) is 0 Å². The van der Waals surface area contributed by atoms with Crippen molar-refractivity contribution in [2.24, 2.45) is 174 Å². The number of hydrogen-bond acceptors (Lipinski definition) is 8. The minimum absolute atomic E-state index is 0.0762. The van der Waals surface area contributed by atoms with Crippen molar-refractivity contribution >= 4 is 23.2 Å². The van der Waals surface area contributed by atoms with Gasteiger partial charge in [-0.25, -0.2) is 0 Å². The maximum atomic E-state index is 10.7. The lowest BCUT2D eigenvalue weighted by Gasteiger charge is -2.56. The highest BCUT2D eigenvalue weighted by Gasteiger charge is 2.57. The van der Waals surface area contributed by atoms with Crippen LogP contribution in [0.15, 0.2) is 0 Å². The SMILES string of the molecule is CCC12CC3CC(CC(C3)C1)C2.CCC12CC3CC(CC(C3)C1)C2.CCC12CC3CC(CC(C3)C1)C2.CCC12CC3CC(CC(C3)C1)C2.CF.CF.CF.CO.CO.COC.COC.ClCCCl.NCC12CC3CC(CC(C3)C1)C2.NCC12CC3CC(CC(C3)C1)C2.O=[N+]([O-])CC12CC3CC(CC(C3)C1)C2. The molecule has 106 heavy (non-hydrogen) atoms. The standard InChI is InChI=1S/4C12H20.C11H17NO2.2C11H19N.C2H4Cl2.2C2H6O.3CH3F.2CH4O/c4*1-2-12-6-9-3-10(7-12)5-11(4-9)8-12;13-12(14)7-11-4-8-1-9(5-11)3-10(2-8)6-11;2*12-7-11-4-8-1-9(5-11)3-10(2-8)6-11;3-1-2-4;2*1-3-2;5*1-2/h4*9-11H,2-8H2,1H3;8-10H,1-7H2;2*8-10H,1-7,12H2;1-2H2;2*1-2H3;3*1H3;2*2H,1H3. The second-order valence-electron chi connectivity index (χ2n) is 41.4. The van der Waals surface area contributed by atoms with E-state index in [1.54, 1.807) is 183 Å². The Labute approximate surface area is 659 Å². The van der Waals surface area contributed by atoms with Gasteiger partial charge in [-0.1, -0.05) is 53.4 Å². The van der Waals surface area contributed by atoms with E-state index in [0.29, 0.717) is 44.1 Å². The zero-order valence-corrected chi connectivity index (χ0v) is 72.2. The van der Waals surface area contributed by atoms with Crippen LogP contribution >= 0.6 is 23.2 Å². The Hall–Kier alpha value is -0.470. The highest BCUT2D eigenvalue weighted by Crippen LogP contribution is 2.67. The fourth-order valence-electron chi connectivity index (χ4n) is 32.7. The quantitative estimate of drug-likeness (QED) is 0.101. The molecule has 0 amide bonds. The molecule has 0 aromatic heterocycles. The Morgan fingerprint density at radius 1 is 0.292 bits per heavy atom. The molecule has 28 aliphatic carbocycles. The minimum atomic E-state index is -0.0762. The van der Waals surface area contributed by atoms with E-state index in [9.17, 15) is 23.3 Å². The number of alkyl halides is 5. The number of ether oxygens (including phenoxy) is 2. The molecule has 0 spiro atoms. The summed E-state index contributed by atoms with van der Waals surface area (Å²) in [6, 6.07) is 0. The molecule has 0 unspecified atom stereocenters. The van der Waals surface area contributed by atoms with Crippen LogP contribution in [0.1, 0.15) is 323 Å². The average molecular weight is 1540 g/mol. The molecule has 0 atom stereocenters. The van der Waals surface area contributed by atoms with E-state index in [1.807, 2.05) is 0 Å². The van der Waals surface area contributed by atoms with Gasteiger partial charge in [0.15, 0.2) is 0 Å². The zero-order chi connectivity index (χ0) is 77.7. The summed E-state index contributed by atoms with van der Waals surface area (Å²) in [6.45, 7) is 11.9. The fraction of sp³-hybridized carbons (Fsp3) is 1.00. The Bertz CT molecular complexity index is 1880. The summed E-state index contributed by atoms with van der Waals surface area (Å²) in [4.78, 5) is 10.6. The van der Waals surface area contributed by atoms with Crippen LogP contribution in [-0.4, -0.2) is 111 Å². The number of hydrogen-bond donors (Lipinski definition) is 4. The molecule has 28 rings (SSSR count). The largest absolute Gasteiger partial charge is 0.400 e. The number of nitrogens with zero attached hydrogens (tertiary/aromatic N) is 1. The third-order valence-electron chi connectivity index (χ3n) is 33.6. The van der Waals surface area contributed by atoms with Crippen LogP contribution in [0.25, 0.3) is 0 Å². The third kappa shape index (κ3) is 24.1. The molecule has 0 heterocycles. The van der Waals surface area contributed by atoms with Gasteiger partial charge >= 0.3 is 0 Å². The molecule has 28 aliphatic rings. The lowest BCUT2D eigenvalue weighted by molar-refractivity contribution is -0.503.